The predicted molar refractivity (Wildman–Crippen MR) is 56.2 cm³/mol. The zero-order chi connectivity index (χ0) is 11.0. The first-order chi connectivity index (χ1) is 7.13. The van der Waals surface area contributed by atoms with E-state index in [1.165, 1.54) is 12.8 Å². The summed E-state index contributed by atoms with van der Waals surface area (Å²) in [6.45, 7) is 4.64. The summed E-state index contributed by atoms with van der Waals surface area (Å²) in [4.78, 5) is 24.3. The largest absolute Gasteiger partial charge is 0.324 e. The van der Waals surface area contributed by atoms with Crippen molar-refractivity contribution in [3.63, 3.8) is 0 Å². The Morgan fingerprint density at radius 1 is 1.40 bits per heavy atom. The van der Waals surface area contributed by atoms with Crippen molar-refractivity contribution < 1.29 is 9.59 Å². The standard InChI is InChI=1S/C11H18N2O2/c1-3-8-4-5-9(7(8)2)13-6-10(14)12-11(13)15/h7-9H,3-6H2,1-2H3,(H,12,14,15). The molecule has 0 radical (unpaired) electrons. The van der Waals surface area contributed by atoms with Crippen LogP contribution < -0.4 is 5.32 Å². The smallest absolute Gasteiger partial charge is 0.312 e. The van der Waals surface area contributed by atoms with E-state index in [4.69, 9.17) is 0 Å². The van der Waals surface area contributed by atoms with Crippen molar-refractivity contribution in [2.45, 2.75) is 39.2 Å². The van der Waals surface area contributed by atoms with Crippen LogP contribution in [0.1, 0.15) is 33.1 Å². The van der Waals surface area contributed by atoms with Crippen molar-refractivity contribution in [1.29, 1.82) is 0 Å². The van der Waals surface area contributed by atoms with Crippen molar-refractivity contribution in [1.82, 2.24) is 10.2 Å². The van der Waals surface area contributed by atoms with E-state index in [0.717, 1.165) is 6.42 Å². The summed E-state index contributed by atoms with van der Waals surface area (Å²) in [5, 5.41) is 2.35. The summed E-state index contributed by atoms with van der Waals surface area (Å²) >= 11 is 0. The maximum atomic E-state index is 11.5. The van der Waals surface area contributed by atoms with Gasteiger partial charge in [-0.25, -0.2) is 4.79 Å². The van der Waals surface area contributed by atoms with Gasteiger partial charge in [-0.2, -0.15) is 0 Å². The van der Waals surface area contributed by atoms with Crippen LogP contribution in [0.4, 0.5) is 4.79 Å². The van der Waals surface area contributed by atoms with Gasteiger partial charge >= 0.3 is 6.03 Å². The van der Waals surface area contributed by atoms with E-state index in [2.05, 4.69) is 19.2 Å². The Morgan fingerprint density at radius 3 is 2.60 bits per heavy atom. The third-order valence-electron chi connectivity index (χ3n) is 3.93. The molecule has 0 spiro atoms. The Hall–Kier alpha value is -1.06. The Labute approximate surface area is 90.0 Å². The summed E-state index contributed by atoms with van der Waals surface area (Å²) in [5.41, 5.74) is 0. The highest BCUT2D eigenvalue weighted by atomic mass is 16.2. The second kappa shape index (κ2) is 3.83. The normalized spacial score (nSPS) is 36.1. The molecule has 2 rings (SSSR count). The molecule has 4 heteroatoms. The average molecular weight is 210 g/mol. The van der Waals surface area contributed by atoms with E-state index < -0.39 is 0 Å². The van der Waals surface area contributed by atoms with Gasteiger partial charge in [0, 0.05) is 6.04 Å². The van der Waals surface area contributed by atoms with Crippen molar-refractivity contribution in [3.8, 4) is 0 Å². The number of carbonyl (C=O) groups excluding carboxylic acids is 2. The molecule has 3 amide bonds. The minimum absolute atomic E-state index is 0.160. The number of amides is 3. The molecular weight excluding hydrogens is 192 g/mol. The lowest BCUT2D eigenvalue weighted by Crippen LogP contribution is -2.40. The topological polar surface area (TPSA) is 49.4 Å². The second-order valence-corrected chi connectivity index (χ2v) is 4.65. The molecule has 1 aliphatic heterocycles. The van der Waals surface area contributed by atoms with Crippen LogP contribution in [0.15, 0.2) is 0 Å². The number of nitrogens with zero attached hydrogens (tertiary/aromatic N) is 1. The van der Waals surface area contributed by atoms with Crippen molar-refractivity contribution in [3.05, 3.63) is 0 Å². The summed E-state index contributed by atoms with van der Waals surface area (Å²) in [5.74, 6) is 1.07. The summed E-state index contributed by atoms with van der Waals surface area (Å²) < 4.78 is 0. The lowest BCUT2D eigenvalue weighted by molar-refractivity contribution is -0.118. The third kappa shape index (κ3) is 1.73. The van der Waals surface area contributed by atoms with Crippen LogP contribution in [-0.2, 0) is 4.79 Å². The first-order valence-corrected chi connectivity index (χ1v) is 5.74. The van der Waals surface area contributed by atoms with Crippen molar-refractivity contribution >= 4 is 11.9 Å². The van der Waals surface area contributed by atoms with Gasteiger partial charge in [-0.3, -0.25) is 10.1 Å². The summed E-state index contributed by atoms with van der Waals surface area (Å²) in [7, 11) is 0. The minimum atomic E-state index is -0.200. The fourth-order valence-electron chi connectivity index (χ4n) is 2.97. The second-order valence-electron chi connectivity index (χ2n) is 4.65. The number of rotatable bonds is 2. The van der Waals surface area contributed by atoms with E-state index in [0.29, 0.717) is 11.8 Å². The number of hydrogen-bond acceptors (Lipinski definition) is 2. The number of urea groups is 1. The maximum Gasteiger partial charge on any atom is 0.324 e. The Balaban J connectivity index is 2.06. The molecule has 0 bridgehead atoms. The monoisotopic (exact) mass is 210 g/mol. The molecule has 2 fully saturated rings. The van der Waals surface area contributed by atoms with E-state index in [1.807, 2.05) is 0 Å². The Kier molecular flexibility index (Phi) is 2.67. The predicted octanol–water partition coefficient (Wildman–Crippen LogP) is 1.36. The van der Waals surface area contributed by atoms with Gasteiger partial charge in [-0.1, -0.05) is 20.3 Å². The first-order valence-electron chi connectivity index (χ1n) is 5.74. The summed E-state index contributed by atoms with van der Waals surface area (Å²) in [6, 6.07) is 0.0648. The van der Waals surface area contributed by atoms with Gasteiger partial charge in [-0.15, -0.1) is 0 Å². The number of imide groups is 1. The van der Waals surface area contributed by atoms with Crippen LogP contribution in [0.25, 0.3) is 0 Å². The third-order valence-corrected chi connectivity index (χ3v) is 3.93. The minimum Gasteiger partial charge on any atom is -0.312 e. The molecule has 0 aromatic carbocycles. The van der Waals surface area contributed by atoms with Crippen LogP contribution in [-0.4, -0.2) is 29.4 Å². The molecule has 0 aromatic rings. The van der Waals surface area contributed by atoms with Gasteiger partial charge in [0.2, 0.25) is 5.91 Å². The Morgan fingerprint density at radius 2 is 2.13 bits per heavy atom. The van der Waals surface area contributed by atoms with Crippen LogP contribution >= 0.6 is 0 Å². The Bertz CT molecular complexity index is 290. The van der Waals surface area contributed by atoms with Crippen molar-refractivity contribution in [2.24, 2.45) is 11.8 Å². The van der Waals surface area contributed by atoms with Gasteiger partial charge in [0.1, 0.15) is 6.54 Å². The van der Waals surface area contributed by atoms with Crippen LogP contribution in [0, 0.1) is 11.8 Å². The van der Waals surface area contributed by atoms with E-state index >= 15 is 0 Å². The van der Waals surface area contributed by atoms with E-state index in [9.17, 15) is 9.59 Å². The fourth-order valence-corrected chi connectivity index (χ4v) is 2.97. The number of hydrogen-bond donors (Lipinski definition) is 1. The zero-order valence-corrected chi connectivity index (χ0v) is 9.32. The van der Waals surface area contributed by atoms with Gasteiger partial charge in [0.05, 0.1) is 0 Å². The molecule has 3 unspecified atom stereocenters. The molecule has 0 aromatic heterocycles. The van der Waals surface area contributed by atoms with E-state index in [-0.39, 0.29) is 24.5 Å². The highest BCUT2D eigenvalue weighted by Crippen LogP contribution is 2.37. The molecule has 3 atom stereocenters. The molecule has 1 saturated carbocycles. The summed E-state index contributed by atoms with van der Waals surface area (Å²) in [6.07, 6.45) is 3.39. The van der Waals surface area contributed by atoms with Gasteiger partial charge in [0.15, 0.2) is 0 Å². The van der Waals surface area contributed by atoms with Gasteiger partial charge < -0.3 is 4.90 Å². The first kappa shape index (κ1) is 10.5. The molecule has 2 aliphatic rings. The van der Waals surface area contributed by atoms with Gasteiger partial charge in [0.25, 0.3) is 0 Å². The maximum absolute atomic E-state index is 11.5. The SMILES string of the molecule is CCC1CCC(N2CC(=O)NC2=O)C1C. The zero-order valence-electron chi connectivity index (χ0n) is 9.32. The molecule has 1 heterocycles. The number of nitrogens with one attached hydrogen (secondary N) is 1. The average Bonchev–Trinajstić information content (AvgIpc) is 2.69. The lowest BCUT2D eigenvalue weighted by atomic mass is 9.93. The highest BCUT2D eigenvalue weighted by Gasteiger charge is 2.41. The van der Waals surface area contributed by atoms with Crippen LogP contribution in [0.5, 0.6) is 0 Å². The molecule has 4 nitrogen and oxygen atoms in total. The van der Waals surface area contributed by atoms with Gasteiger partial charge in [-0.05, 0) is 24.7 Å². The molecule has 84 valence electrons. The van der Waals surface area contributed by atoms with Crippen LogP contribution in [0.2, 0.25) is 0 Å². The quantitative estimate of drug-likeness (QED) is 0.700. The lowest BCUT2D eigenvalue weighted by Gasteiger charge is -2.27. The van der Waals surface area contributed by atoms with Crippen molar-refractivity contribution in [2.75, 3.05) is 6.54 Å². The highest BCUT2D eigenvalue weighted by molar-refractivity contribution is 6.02. The molecule has 1 aliphatic carbocycles. The van der Waals surface area contributed by atoms with Crippen LogP contribution in [0.3, 0.4) is 0 Å². The molecule has 1 N–H and O–H groups in total. The molecule has 1 saturated heterocycles. The molecule has 15 heavy (non-hydrogen) atoms. The number of carbonyl (C=O) groups is 2. The van der Waals surface area contributed by atoms with E-state index in [1.54, 1.807) is 4.90 Å². The fraction of sp³-hybridized carbons (Fsp3) is 0.818. The molecular formula is C11H18N2O2.